The first kappa shape index (κ1) is 13.4. The number of hydrogen-bond donors (Lipinski definition) is 2. The number of hydrogen-bond acceptors (Lipinski definition) is 6. The van der Waals surface area contributed by atoms with E-state index in [1.807, 2.05) is 0 Å². The number of nitrogens with zero attached hydrogens (tertiary/aromatic N) is 2. The first-order valence-electron chi connectivity index (χ1n) is 6.15. The fourth-order valence-electron chi connectivity index (χ4n) is 1.63. The molecule has 2 N–H and O–H groups in total. The normalized spacial score (nSPS) is 10.6. The second-order valence-corrected chi connectivity index (χ2v) is 4.08. The largest absolute Gasteiger partial charge is 0.504 e. The van der Waals surface area contributed by atoms with Gasteiger partial charge in [-0.25, -0.2) is 0 Å². The molecule has 19 heavy (non-hydrogen) atoms. The highest BCUT2D eigenvalue weighted by Crippen LogP contribution is 2.30. The summed E-state index contributed by atoms with van der Waals surface area (Å²) in [6.45, 7) is 3.55. The van der Waals surface area contributed by atoms with E-state index in [4.69, 9.17) is 9.26 Å². The third-order valence-corrected chi connectivity index (χ3v) is 2.61. The maximum Gasteiger partial charge on any atom is 0.240 e. The molecule has 1 aromatic carbocycles. The number of benzene rings is 1. The van der Waals surface area contributed by atoms with Crippen LogP contribution in [-0.2, 0) is 6.54 Å². The molecule has 2 rings (SSSR count). The zero-order valence-corrected chi connectivity index (χ0v) is 11.0. The van der Waals surface area contributed by atoms with Gasteiger partial charge < -0.3 is 19.7 Å². The van der Waals surface area contributed by atoms with Crippen molar-refractivity contribution >= 4 is 0 Å². The van der Waals surface area contributed by atoms with E-state index in [0.29, 0.717) is 24.0 Å². The van der Waals surface area contributed by atoms with Gasteiger partial charge in [-0.1, -0.05) is 12.1 Å². The lowest BCUT2D eigenvalue weighted by Gasteiger charge is -2.03. The van der Waals surface area contributed by atoms with Crippen molar-refractivity contribution in [2.45, 2.75) is 19.9 Å². The first-order chi connectivity index (χ1) is 9.24. The Morgan fingerprint density at radius 2 is 2.26 bits per heavy atom. The van der Waals surface area contributed by atoms with Crippen LogP contribution in [0.2, 0.25) is 0 Å². The molecule has 2 aromatic rings. The highest BCUT2D eigenvalue weighted by atomic mass is 16.5. The molecule has 0 saturated heterocycles. The second kappa shape index (κ2) is 6.19. The summed E-state index contributed by atoms with van der Waals surface area (Å²) in [6, 6.07) is 4.93. The summed E-state index contributed by atoms with van der Waals surface area (Å²) < 4.78 is 10.2. The van der Waals surface area contributed by atoms with Gasteiger partial charge in [-0.2, -0.15) is 4.98 Å². The zero-order chi connectivity index (χ0) is 13.7. The van der Waals surface area contributed by atoms with Gasteiger partial charge in [-0.3, -0.25) is 0 Å². The number of phenolic OH excluding ortho intramolecular Hbond substituents is 1. The van der Waals surface area contributed by atoms with Gasteiger partial charge in [0.1, 0.15) is 0 Å². The first-order valence-corrected chi connectivity index (χ1v) is 6.15. The van der Waals surface area contributed by atoms with Gasteiger partial charge in [0.25, 0.3) is 0 Å². The quantitative estimate of drug-likeness (QED) is 0.775. The molecule has 6 heteroatoms. The minimum absolute atomic E-state index is 0.0829. The van der Waals surface area contributed by atoms with Crippen molar-refractivity contribution in [1.82, 2.24) is 15.5 Å². The Labute approximate surface area is 111 Å². The van der Waals surface area contributed by atoms with Crippen LogP contribution in [0.3, 0.4) is 0 Å². The van der Waals surface area contributed by atoms with Crippen LogP contribution in [0.1, 0.15) is 19.2 Å². The average Bonchev–Trinajstić information content (AvgIpc) is 2.88. The van der Waals surface area contributed by atoms with Gasteiger partial charge in [-0.05, 0) is 31.2 Å². The second-order valence-electron chi connectivity index (χ2n) is 4.08. The van der Waals surface area contributed by atoms with Crippen molar-refractivity contribution in [2.75, 3.05) is 13.7 Å². The molecule has 0 aliphatic heterocycles. The van der Waals surface area contributed by atoms with Crippen LogP contribution in [0.4, 0.5) is 0 Å². The molecule has 0 unspecified atom stereocenters. The van der Waals surface area contributed by atoms with Gasteiger partial charge in [0.05, 0.1) is 13.7 Å². The van der Waals surface area contributed by atoms with E-state index in [1.165, 1.54) is 7.11 Å². The van der Waals surface area contributed by atoms with Gasteiger partial charge in [0.15, 0.2) is 11.5 Å². The molecule has 102 valence electrons. The van der Waals surface area contributed by atoms with Gasteiger partial charge in [-0.15, -0.1) is 0 Å². The third kappa shape index (κ3) is 3.23. The molecule has 0 aliphatic carbocycles. The summed E-state index contributed by atoms with van der Waals surface area (Å²) in [7, 11) is 1.50. The smallest absolute Gasteiger partial charge is 0.240 e. The van der Waals surface area contributed by atoms with Crippen molar-refractivity contribution in [3.05, 3.63) is 24.1 Å². The fraction of sp³-hybridized carbons (Fsp3) is 0.385. The summed E-state index contributed by atoms with van der Waals surface area (Å²) in [4.78, 5) is 4.28. The minimum Gasteiger partial charge on any atom is -0.504 e. The van der Waals surface area contributed by atoms with Crippen molar-refractivity contribution in [2.24, 2.45) is 0 Å². The number of ether oxygens (including phenoxy) is 1. The lowest BCUT2D eigenvalue weighted by atomic mass is 10.2. The van der Waals surface area contributed by atoms with E-state index < -0.39 is 0 Å². The zero-order valence-electron chi connectivity index (χ0n) is 11.0. The van der Waals surface area contributed by atoms with Crippen LogP contribution < -0.4 is 10.1 Å². The van der Waals surface area contributed by atoms with Crippen molar-refractivity contribution < 1.29 is 14.4 Å². The Hall–Kier alpha value is -2.08. The molecule has 6 nitrogen and oxygen atoms in total. The molecular formula is C13H17N3O3. The molecule has 0 amide bonds. The summed E-state index contributed by atoms with van der Waals surface area (Å²) in [6.07, 6.45) is 1.05. The topological polar surface area (TPSA) is 80.4 Å². The number of aromatic hydroxyl groups is 1. The minimum atomic E-state index is 0.0829. The highest BCUT2D eigenvalue weighted by molar-refractivity contribution is 5.60. The molecule has 0 bridgehead atoms. The van der Waals surface area contributed by atoms with Crippen LogP contribution in [0.25, 0.3) is 11.4 Å². The van der Waals surface area contributed by atoms with Crippen LogP contribution in [0.15, 0.2) is 22.7 Å². The van der Waals surface area contributed by atoms with E-state index in [1.54, 1.807) is 18.2 Å². The van der Waals surface area contributed by atoms with Crippen molar-refractivity contribution in [3.8, 4) is 22.9 Å². The maximum atomic E-state index is 9.53. The predicted molar refractivity (Wildman–Crippen MR) is 69.9 cm³/mol. The lowest BCUT2D eigenvalue weighted by Crippen LogP contribution is -2.13. The number of phenols is 1. The monoisotopic (exact) mass is 263 g/mol. The van der Waals surface area contributed by atoms with Crippen LogP contribution in [0.5, 0.6) is 11.5 Å². The molecule has 1 aromatic heterocycles. The van der Waals surface area contributed by atoms with Crippen LogP contribution in [0, 0.1) is 0 Å². The summed E-state index contributed by atoms with van der Waals surface area (Å²) in [5.41, 5.74) is 0.736. The van der Waals surface area contributed by atoms with E-state index in [9.17, 15) is 5.11 Å². The molecule has 0 saturated carbocycles. The Morgan fingerprint density at radius 3 is 3.00 bits per heavy atom. The fourth-order valence-corrected chi connectivity index (χ4v) is 1.63. The van der Waals surface area contributed by atoms with E-state index in [0.717, 1.165) is 18.5 Å². The summed E-state index contributed by atoms with van der Waals surface area (Å²) in [5, 5.41) is 16.6. The number of methoxy groups -OCH3 is 1. The molecule has 0 atom stereocenters. The average molecular weight is 263 g/mol. The number of rotatable bonds is 6. The Balaban J connectivity index is 2.13. The van der Waals surface area contributed by atoms with Gasteiger partial charge >= 0.3 is 0 Å². The van der Waals surface area contributed by atoms with Crippen LogP contribution in [-0.4, -0.2) is 28.9 Å². The Morgan fingerprint density at radius 1 is 1.42 bits per heavy atom. The molecule has 1 heterocycles. The molecule has 0 spiro atoms. The standard InChI is InChI=1S/C13H17N3O3/c1-3-6-14-8-12-15-13(16-19-12)9-4-5-10(17)11(7-9)18-2/h4-5,7,14,17H,3,6,8H2,1-2H3. The van der Waals surface area contributed by atoms with E-state index >= 15 is 0 Å². The van der Waals surface area contributed by atoms with Gasteiger partial charge in [0, 0.05) is 5.56 Å². The third-order valence-electron chi connectivity index (χ3n) is 2.61. The van der Waals surface area contributed by atoms with Crippen molar-refractivity contribution in [1.29, 1.82) is 0 Å². The number of aromatic nitrogens is 2. The number of nitrogens with one attached hydrogen (secondary N) is 1. The lowest BCUT2D eigenvalue weighted by molar-refractivity contribution is 0.367. The van der Waals surface area contributed by atoms with E-state index in [2.05, 4.69) is 22.4 Å². The predicted octanol–water partition coefficient (Wildman–Crippen LogP) is 1.95. The Bertz CT molecular complexity index is 540. The molecule has 0 radical (unpaired) electrons. The molecule has 0 fully saturated rings. The van der Waals surface area contributed by atoms with Crippen molar-refractivity contribution in [3.63, 3.8) is 0 Å². The summed E-state index contributed by atoms with van der Waals surface area (Å²) >= 11 is 0. The summed E-state index contributed by atoms with van der Waals surface area (Å²) in [5.74, 6) is 1.48. The molecular weight excluding hydrogens is 246 g/mol. The van der Waals surface area contributed by atoms with Gasteiger partial charge in [0.2, 0.25) is 11.7 Å². The highest BCUT2D eigenvalue weighted by Gasteiger charge is 2.11. The SMILES string of the molecule is CCCNCc1nc(-c2ccc(O)c(OC)c2)no1. The Kier molecular flexibility index (Phi) is 4.35. The maximum absolute atomic E-state index is 9.53. The van der Waals surface area contributed by atoms with E-state index in [-0.39, 0.29) is 5.75 Å². The molecule has 0 aliphatic rings. The van der Waals surface area contributed by atoms with Crippen LogP contribution >= 0.6 is 0 Å².